The lowest BCUT2D eigenvalue weighted by atomic mass is 10.0. The number of rotatable bonds is 3. The Labute approximate surface area is 75.4 Å². The van der Waals surface area contributed by atoms with Gasteiger partial charge in [0.15, 0.2) is 5.60 Å². The Morgan fingerprint density at radius 3 is 2.54 bits per heavy atom. The number of hydrogen-bond acceptors (Lipinski definition) is 2. The second-order valence-electron chi connectivity index (χ2n) is 3.27. The molecule has 0 unspecified atom stereocenters. The summed E-state index contributed by atoms with van der Waals surface area (Å²) in [7, 11) is 0. The van der Waals surface area contributed by atoms with Crippen molar-refractivity contribution in [1.29, 1.82) is 0 Å². The minimum atomic E-state index is -4.26. The van der Waals surface area contributed by atoms with Crippen molar-refractivity contribution < 1.29 is 17.9 Å². The largest absolute Gasteiger partial charge is 0.418 e. The SMILES string of the molecule is CCCO[C@@]1(C(F)(F)F)CCNC1. The molecule has 1 rings (SSSR count). The minimum Gasteiger partial charge on any atom is -0.364 e. The van der Waals surface area contributed by atoms with Gasteiger partial charge in [0.1, 0.15) is 0 Å². The van der Waals surface area contributed by atoms with E-state index in [4.69, 9.17) is 4.74 Å². The highest BCUT2D eigenvalue weighted by molar-refractivity contribution is 4.96. The lowest BCUT2D eigenvalue weighted by Gasteiger charge is -2.30. The van der Waals surface area contributed by atoms with Gasteiger partial charge in [-0.3, -0.25) is 0 Å². The van der Waals surface area contributed by atoms with E-state index in [-0.39, 0.29) is 19.6 Å². The maximum atomic E-state index is 12.6. The Morgan fingerprint density at radius 2 is 2.15 bits per heavy atom. The van der Waals surface area contributed by atoms with Gasteiger partial charge in [-0.25, -0.2) is 0 Å². The van der Waals surface area contributed by atoms with Crippen LogP contribution in [-0.4, -0.2) is 31.5 Å². The minimum absolute atomic E-state index is 0.0243. The van der Waals surface area contributed by atoms with Gasteiger partial charge in [0, 0.05) is 13.2 Å². The molecule has 13 heavy (non-hydrogen) atoms. The van der Waals surface area contributed by atoms with Gasteiger partial charge in [0.2, 0.25) is 0 Å². The average Bonchev–Trinajstić information content (AvgIpc) is 2.48. The van der Waals surface area contributed by atoms with Gasteiger partial charge in [-0.2, -0.15) is 13.2 Å². The summed E-state index contributed by atoms with van der Waals surface area (Å²) in [6.45, 7) is 2.23. The fourth-order valence-corrected chi connectivity index (χ4v) is 1.41. The molecule has 1 saturated heterocycles. The van der Waals surface area contributed by atoms with Crippen LogP contribution in [0, 0.1) is 0 Å². The highest BCUT2D eigenvalue weighted by Crippen LogP contribution is 2.38. The molecule has 0 aromatic carbocycles. The molecule has 1 N–H and O–H groups in total. The zero-order valence-corrected chi connectivity index (χ0v) is 7.58. The molecule has 1 atom stereocenters. The van der Waals surface area contributed by atoms with Gasteiger partial charge in [0.25, 0.3) is 0 Å². The number of ether oxygens (including phenoxy) is 1. The molecular weight excluding hydrogens is 183 g/mol. The maximum Gasteiger partial charge on any atom is 0.418 e. The molecule has 5 heteroatoms. The van der Waals surface area contributed by atoms with Crippen molar-refractivity contribution in [2.24, 2.45) is 0 Å². The van der Waals surface area contributed by atoms with Gasteiger partial charge in [-0.1, -0.05) is 6.92 Å². The zero-order valence-electron chi connectivity index (χ0n) is 7.58. The summed E-state index contributed by atoms with van der Waals surface area (Å²) in [6, 6.07) is 0. The molecule has 78 valence electrons. The molecule has 1 heterocycles. The van der Waals surface area contributed by atoms with Gasteiger partial charge < -0.3 is 10.1 Å². The van der Waals surface area contributed by atoms with E-state index < -0.39 is 11.8 Å². The molecule has 0 aromatic rings. The molecule has 0 amide bonds. The highest BCUT2D eigenvalue weighted by atomic mass is 19.4. The second kappa shape index (κ2) is 3.84. The van der Waals surface area contributed by atoms with E-state index in [1.54, 1.807) is 6.92 Å². The van der Waals surface area contributed by atoms with Crippen molar-refractivity contribution in [3.8, 4) is 0 Å². The van der Waals surface area contributed by atoms with Crippen LogP contribution in [0.5, 0.6) is 0 Å². The van der Waals surface area contributed by atoms with E-state index in [2.05, 4.69) is 5.32 Å². The average molecular weight is 197 g/mol. The second-order valence-corrected chi connectivity index (χ2v) is 3.27. The summed E-state index contributed by atoms with van der Waals surface area (Å²) in [5, 5.41) is 2.68. The van der Waals surface area contributed by atoms with Crippen molar-refractivity contribution in [2.75, 3.05) is 19.7 Å². The summed E-state index contributed by atoms with van der Waals surface area (Å²) >= 11 is 0. The molecular formula is C8H14F3NO. The first-order valence-electron chi connectivity index (χ1n) is 4.43. The van der Waals surface area contributed by atoms with Crippen molar-refractivity contribution in [3.63, 3.8) is 0 Å². The Bertz CT molecular complexity index is 163. The maximum absolute atomic E-state index is 12.6. The summed E-state index contributed by atoms with van der Waals surface area (Å²) in [6.07, 6.45) is -3.62. The Hall–Kier alpha value is -0.290. The summed E-state index contributed by atoms with van der Waals surface area (Å²) in [4.78, 5) is 0. The third kappa shape index (κ3) is 2.14. The van der Waals surface area contributed by atoms with Gasteiger partial charge in [-0.15, -0.1) is 0 Å². The monoisotopic (exact) mass is 197 g/mol. The third-order valence-electron chi connectivity index (χ3n) is 2.22. The molecule has 0 saturated carbocycles. The van der Waals surface area contributed by atoms with E-state index in [1.807, 2.05) is 0 Å². The van der Waals surface area contributed by atoms with E-state index >= 15 is 0 Å². The van der Waals surface area contributed by atoms with Gasteiger partial charge in [-0.05, 0) is 19.4 Å². The molecule has 0 radical (unpaired) electrons. The fraction of sp³-hybridized carbons (Fsp3) is 1.00. The van der Waals surface area contributed by atoms with Gasteiger partial charge >= 0.3 is 6.18 Å². The van der Waals surface area contributed by atoms with Crippen molar-refractivity contribution in [1.82, 2.24) is 5.32 Å². The standard InChI is InChI=1S/C8H14F3NO/c1-2-5-13-7(8(9,10)11)3-4-12-6-7/h12H,2-6H2,1H3/t7-/m0/s1. The van der Waals surface area contributed by atoms with Gasteiger partial charge in [0.05, 0.1) is 0 Å². The van der Waals surface area contributed by atoms with Crippen LogP contribution in [0.25, 0.3) is 0 Å². The van der Waals surface area contributed by atoms with Crippen LogP contribution in [0.1, 0.15) is 19.8 Å². The van der Waals surface area contributed by atoms with Crippen molar-refractivity contribution in [2.45, 2.75) is 31.5 Å². The van der Waals surface area contributed by atoms with E-state index in [1.165, 1.54) is 0 Å². The topological polar surface area (TPSA) is 21.3 Å². The van der Waals surface area contributed by atoms with Crippen LogP contribution < -0.4 is 5.32 Å². The van der Waals surface area contributed by atoms with Crippen LogP contribution >= 0.6 is 0 Å². The van der Waals surface area contributed by atoms with Crippen LogP contribution in [0.4, 0.5) is 13.2 Å². The Balaban J connectivity index is 2.64. The van der Waals surface area contributed by atoms with Crippen molar-refractivity contribution in [3.05, 3.63) is 0 Å². The first kappa shape index (κ1) is 10.8. The molecule has 1 aliphatic rings. The lowest BCUT2D eigenvalue weighted by molar-refractivity contribution is -0.269. The predicted octanol–water partition coefficient (Wildman–Crippen LogP) is 1.71. The highest BCUT2D eigenvalue weighted by Gasteiger charge is 2.57. The Morgan fingerprint density at radius 1 is 1.46 bits per heavy atom. The third-order valence-corrected chi connectivity index (χ3v) is 2.22. The summed E-state index contributed by atoms with van der Waals surface area (Å²) in [5.41, 5.74) is -1.93. The molecule has 0 aromatic heterocycles. The molecule has 1 fully saturated rings. The molecule has 0 bridgehead atoms. The lowest BCUT2D eigenvalue weighted by Crippen LogP contribution is -2.49. The molecule has 0 spiro atoms. The van der Waals surface area contributed by atoms with Crippen LogP contribution in [-0.2, 0) is 4.74 Å². The van der Waals surface area contributed by atoms with E-state index in [9.17, 15) is 13.2 Å². The zero-order chi connectivity index (χ0) is 9.95. The molecule has 0 aliphatic carbocycles. The fourth-order valence-electron chi connectivity index (χ4n) is 1.41. The van der Waals surface area contributed by atoms with Crippen LogP contribution in [0.15, 0.2) is 0 Å². The number of nitrogens with one attached hydrogen (secondary N) is 1. The first-order valence-corrected chi connectivity index (χ1v) is 4.43. The number of hydrogen-bond donors (Lipinski definition) is 1. The quantitative estimate of drug-likeness (QED) is 0.743. The van der Waals surface area contributed by atoms with E-state index in [0.717, 1.165) is 0 Å². The van der Waals surface area contributed by atoms with Crippen LogP contribution in [0.3, 0.4) is 0 Å². The summed E-state index contributed by atoms with van der Waals surface area (Å²) in [5.74, 6) is 0. The number of halogens is 3. The van der Waals surface area contributed by atoms with Crippen LogP contribution in [0.2, 0.25) is 0 Å². The predicted molar refractivity (Wildman–Crippen MR) is 42.5 cm³/mol. The first-order chi connectivity index (χ1) is 6.02. The summed E-state index contributed by atoms with van der Waals surface area (Å²) < 4.78 is 42.6. The normalized spacial score (nSPS) is 29.5. The number of alkyl halides is 3. The molecule has 1 aliphatic heterocycles. The molecule has 2 nitrogen and oxygen atoms in total. The Kier molecular flexibility index (Phi) is 3.18. The smallest absolute Gasteiger partial charge is 0.364 e. The van der Waals surface area contributed by atoms with Crippen molar-refractivity contribution >= 4 is 0 Å². The van der Waals surface area contributed by atoms with E-state index in [0.29, 0.717) is 13.0 Å².